The van der Waals surface area contributed by atoms with Crippen LogP contribution in [0.2, 0.25) is 0 Å². The summed E-state index contributed by atoms with van der Waals surface area (Å²) < 4.78 is 0.885. The fourth-order valence-electron chi connectivity index (χ4n) is 3.71. The Morgan fingerprint density at radius 3 is 2.43 bits per heavy atom. The molecular weight excluding hydrogens is 416 g/mol. The molecule has 0 saturated carbocycles. The van der Waals surface area contributed by atoms with E-state index < -0.39 is 0 Å². The van der Waals surface area contributed by atoms with E-state index in [4.69, 9.17) is 0 Å². The summed E-state index contributed by atoms with van der Waals surface area (Å²) in [6.45, 7) is 1.29. The van der Waals surface area contributed by atoms with Crippen molar-refractivity contribution in [3.63, 3.8) is 0 Å². The lowest BCUT2D eigenvalue weighted by molar-refractivity contribution is 0.0700. The first-order valence-electron chi connectivity index (χ1n) is 9.45. The maximum absolute atomic E-state index is 13.0. The van der Waals surface area contributed by atoms with Crippen molar-refractivity contribution in [1.29, 1.82) is 0 Å². The first-order chi connectivity index (χ1) is 13.6. The molecule has 1 heterocycles. The van der Waals surface area contributed by atoms with Gasteiger partial charge >= 0.3 is 0 Å². The van der Waals surface area contributed by atoms with Crippen molar-refractivity contribution in [2.45, 2.75) is 18.9 Å². The number of hydrogen-bond donors (Lipinski definition) is 1. The third kappa shape index (κ3) is 3.94. The molecule has 142 valence electrons. The summed E-state index contributed by atoms with van der Waals surface area (Å²) in [5.41, 5.74) is 1.39. The quantitative estimate of drug-likeness (QED) is 0.649. The minimum Gasteiger partial charge on any atom is -0.349 e. The molecule has 1 fully saturated rings. The Labute approximate surface area is 172 Å². The van der Waals surface area contributed by atoms with E-state index in [1.165, 1.54) is 0 Å². The molecule has 0 unspecified atom stereocenters. The number of amides is 2. The van der Waals surface area contributed by atoms with Gasteiger partial charge in [-0.1, -0.05) is 58.4 Å². The van der Waals surface area contributed by atoms with Crippen molar-refractivity contribution >= 4 is 38.5 Å². The smallest absolute Gasteiger partial charge is 0.254 e. The van der Waals surface area contributed by atoms with Crippen molar-refractivity contribution in [2.24, 2.45) is 0 Å². The third-order valence-corrected chi connectivity index (χ3v) is 5.72. The van der Waals surface area contributed by atoms with E-state index in [0.29, 0.717) is 18.7 Å². The molecule has 4 nitrogen and oxygen atoms in total. The van der Waals surface area contributed by atoms with E-state index in [-0.39, 0.29) is 17.9 Å². The van der Waals surface area contributed by atoms with Crippen molar-refractivity contribution in [2.75, 3.05) is 13.1 Å². The van der Waals surface area contributed by atoms with Gasteiger partial charge in [0.2, 0.25) is 0 Å². The van der Waals surface area contributed by atoms with Crippen molar-refractivity contribution < 1.29 is 9.59 Å². The number of benzene rings is 3. The van der Waals surface area contributed by atoms with Gasteiger partial charge in [0.05, 0.1) is 0 Å². The van der Waals surface area contributed by atoms with Gasteiger partial charge in [-0.15, -0.1) is 0 Å². The SMILES string of the molecule is O=C(NC1CCN(C(=O)c2cccc3ccccc23)CC1)c1cccc(Br)c1. The molecule has 3 aromatic rings. The van der Waals surface area contributed by atoms with Crippen LogP contribution in [0.4, 0.5) is 0 Å². The number of nitrogens with one attached hydrogen (secondary N) is 1. The lowest BCUT2D eigenvalue weighted by Crippen LogP contribution is -2.46. The number of carbonyl (C=O) groups excluding carboxylic acids is 2. The molecule has 28 heavy (non-hydrogen) atoms. The highest BCUT2D eigenvalue weighted by Gasteiger charge is 2.25. The summed E-state index contributed by atoms with van der Waals surface area (Å²) in [7, 11) is 0. The molecule has 2 amide bonds. The zero-order chi connectivity index (χ0) is 19.5. The van der Waals surface area contributed by atoms with Gasteiger partial charge in [0, 0.05) is 34.7 Å². The number of fused-ring (bicyclic) bond motifs is 1. The zero-order valence-corrected chi connectivity index (χ0v) is 17.0. The summed E-state index contributed by atoms with van der Waals surface area (Å²) in [5.74, 6) is -0.00584. The van der Waals surface area contributed by atoms with Gasteiger partial charge in [0.15, 0.2) is 0 Å². The van der Waals surface area contributed by atoms with Gasteiger partial charge in [-0.25, -0.2) is 0 Å². The maximum Gasteiger partial charge on any atom is 0.254 e. The Morgan fingerprint density at radius 1 is 0.929 bits per heavy atom. The highest BCUT2D eigenvalue weighted by atomic mass is 79.9. The van der Waals surface area contributed by atoms with Gasteiger partial charge in [0.1, 0.15) is 0 Å². The first-order valence-corrected chi connectivity index (χ1v) is 10.2. The predicted molar refractivity (Wildman–Crippen MR) is 114 cm³/mol. The van der Waals surface area contributed by atoms with Crippen LogP contribution in [0.1, 0.15) is 33.6 Å². The largest absolute Gasteiger partial charge is 0.349 e. The van der Waals surface area contributed by atoms with Gasteiger partial charge in [-0.3, -0.25) is 9.59 Å². The molecule has 0 aliphatic carbocycles. The second-order valence-corrected chi connectivity index (χ2v) is 7.99. The number of likely N-dealkylation sites (tertiary alicyclic amines) is 1. The van der Waals surface area contributed by atoms with E-state index in [0.717, 1.165) is 33.7 Å². The number of halogens is 1. The lowest BCUT2D eigenvalue weighted by Gasteiger charge is -2.32. The number of carbonyl (C=O) groups is 2. The predicted octanol–water partition coefficient (Wildman–Crippen LogP) is 4.64. The van der Waals surface area contributed by atoms with E-state index in [9.17, 15) is 9.59 Å². The van der Waals surface area contributed by atoms with Crippen LogP contribution in [0.25, 0.3) is 10.8 Å². The van der Waals surface area contributed by atoms with Crippen molar-refractivity contribution in [3.05, 3.63) is 82.3 Å². The van der Waals surface area contributed by atoms with E-state index in [1.807, 2.05) is 65.6 Å². The summed E-state index contributed by atoms with van der Waals surface area (Å²) in [6, 6.07) is 21.3. The summed E-state index contributed by atoms with van der Waals surface area (Å²) in [5, 5.41) is 5.15. The second kappa shape index (κ2) is 8.15. The monoisotopic (exact) mass is 436 g/mol. The molecule has 0 bridgehead atoms. The highest BCUT2D eigenvalue weighted by molar-refractivity contribution is 9.10. The van der Waals surface area contributed by atoms with Gasteiger partial charge < -0.3 is 10.2 Å². The standard InChI is InChI=1S/C23H21BrN2O2/c24-18-8-3-7-17(15-18)22(27)25-19-11-13-26(14-12-19)23(28)21-10-4-6-16-5-1-2-9-20(16)21/h1-10,15,19H,11-14H2,(H,25,27). The third-order valence-electron chi connectivity index (χ3n) is 5.22. The number of nitrogens with zero attached hydrogens (tertiary/aromatic N) is 1. The summed E-state index contributed by atoms with van der Waals surface area (Å²) in [6.07, 6.45) is 1.52. The second-order valence-electron chi connectivity index (χ2n) is 7.08. The molecule has 0 radical (unpaired) electrons. The molecule has 1 N–H and O–H groups in total. The Balaban J connectivity index is 1.40. The summed E-state index contributed by atoms with van der Waals surface area (Å²) >= 11 is 3.39. The highest BCUT2D eigenvalue weighted by Crippen LogP contribution is 2.22. The van der Waals surface area contributed by atoms with Crippen LogP contribution >= 0.6 is 15.9 Å². The van der Waals surface area contributed by atoms with Gasteiger partial charge in [-0.2, -0.15) is 0 Å². The van der Waals surface area contributed by atoms with Crippen LogP contribution < -0.4 is 5.32 Å². The van der Waals surface area contributed by atoms with Crippen LogP contribution in [0, 0.1) is 0 Å². The molecule has 0 aromatic heterocycles. The van der Waals surface area contributed by atoms with Crippen molar-refractivity contribution in [3.8, 4) is 0 Å². The van der Waals surface area contributed by atoms with Crippen LogP contribution in [0.5, 0.6) is 0 Å². The van der Waals surface area contributed by atoms with Crippen LogP contribution in [0.3, 0.4) is 0 Å². The van der Waals surface area contributed by atoms with Crippen LogP contribution in [-0.4, -0.2) is 35.8 Å². The minimum atomic E-state index is -0.0693. The Morgan fingerprint density at radius 2 is 1.64 bits per heavy atom. The fourth-order valence-corrected chi connectivity index (χ4v) is 4.11. The van der Waals surface area contributed by atoms with E-state index in [1.54, 1.807) is 6.07 Å². The molecule has 4 rings (SSSR count). The molecule has 0 atom stereocenters. The molecular formula is C23H21BrN2O2. The minimum absolute atomic E-state index is 0.0635. The van der Waals surface area contributed by atoms with Gasteiger partial charge in [0.25, 0.3) is 11.8 Å². The molecule has 1 saturated heterocycles. The topological polar surface area (TPSA) is 49.4 Å². The lowest BCUT2D eigenvalue weighted by atomic mass is 10.0. The fraction of sp³-hybridized carbons (Fsp3) is 0.217. The zero-order valence-electron chi connectivity index (χ0n) is 15.4. The molecule has 5 heteroatoms. The Kier molecular flexibility index (Phi) is 5.44. The average Bonchev–Trinajstić information content (AvgIpc) is 2.73. The van der Waals surface area contributed by atoms with Crippen LogP contribution in [0.15, 0.2) is 71.2 Å². The maximum atomic E-state index is 13.0. The molecule has 1 aliphatic heterocycles. The molecule has 3 aromatic carbocycles. The summed E-state index contributed by atoms with van der Waals surface area (Å²) in [4.78, 5) is 27.4. The van der Waals surface area contributed by atoms with E-state index >= 15 is 0 Å². The number of hydrogen-bond acceptors (Lipinski definition) is 2. The van der Waals surface area contributed by atoms with Crippen molar-refractivity contribution in [1.82, 2.24) is 10.2 Å². The molecule has 0 spiro atoms. The normalized spacial score (nSPS) is 14.8. The number of piperidine rings is 1. The van der Waals surface area contributed by atoms with Crippen LogP contribution in [-0.2, 0) is 0 Å². The van der Waals surface area contributed by atoms with E-state index in [2.05, 4.69) is 21.2 Å². The molecule has 1 aliphatic rings. The Bertz CT molecular complexity index is 1020. The Hall–Kier alpha value is -2.66. The average molecular weight is 437 g/mol. The first kappa shape index (κ1) is 18.7. The number of rotatable bonds is 3. The van der Waals surface area contributed by atoms with Gasteiger partial charge in [-0.05, 0) is 47.9 Å².